The molecule has 4 rings (SSSR count). The second-order valence-corrected chi connectivity index (χ2v) is 8.74. The van der Waals surface area contributed by atoms with Crippen molar-refractivity contribution in [3.8, 4) is 0 Å². The molecule has 2 heteroatoms. The predicted octanol–water partition coefficient (Wildman–Crippen LogP) is 6.41. The SMILES string of the molecule is Cc1ccc(CN2Cc3ccccc3C(Cc3cc(Br)ccc3C)C2)cc1. The van der Waals surface area contributed by atoms with Crippen molar-refractivity contribution in [2.45, 2.75) is 39.3 Å². The quantitative estimate of drug-likeness (QED) is 0.472. The fourth-order valence-electron chi connectivity index (χ4n) is 4.16. The largest absolute Gasteiger partial charge is 0.294 e. The molecule has 138 valence electrons. The highest BCUT2D eigenvalue weighted by Gasteiger charge is 2.25. The van der Waals surface area contributed by atoms with Crippen LogP contribution in [0.1, 0.15) is 39.3 Å². The molecule has 1 nitrogen and oxygen atoms in total. The van der Waals surface area contributed by atoms with E-state index in [0.717, 1.165) is 26.1 Å². The van der Waals surface area contributed by atoms with Crippen LogP contribution in [0.2, 0.25) is 0 Å². The molecule has 0 aliphatic carbocycles. The second-order valence-electron chi connectivity index (χ2n) is 7.83. The third-order valence-electron chi connectivity index (χ3n) is 5.67. The first-order valence-corrected chi connectivity index (χ1v) is 10.5. The molecule has 1 heterocycles. The number of hydrogen-bond acceptors (Lipinski definition) is 1. The minimum absolute atomic E-state index is 0.536. The highest BCUT2D eigenvalue weighted by Crippen LogP contribution is 2.33. The van der Waals surface area contributed by atoms with Crippen LogP contribution in [0, 0.1) is 13.8 Å². The summed E-state index contributed by atoms with van der Waals surface area (Å²) in [5.41, 5.74) is 8.56. The summed E-state index contributed by atoms with van der Waals surface area (Å²) < 4.78 is 1.17. The highest BCUT2D eigenvalue weighted by atomic mass is 79.9. The van der Waals surface area contributed by atoms with Crippen LogP contribution in [0.15, 0.2) is 71.2 Å². The van der Waals surface area contributed by atoms with Crippen molar-refractivity contribution in [1.29, 1.82) is 0 Å². The van der Waals surface area contributed by atoms with Crippen molar-refractivity contribution < 1.29 is 0 Å². The topological polar surface area (TPSA) is 3.24 Å². The molecule has 0 amide bonds. The van der Waals surface area contributed by atoms with E-state index in [0.29, 0.717) is 5.92 Å². The molecule has 0 N–H and O–H groups in total. The second kappa shape index (κ2) is 8.00. The van der Waals surface area contributed by atoms with Gasteiger partial charge in [0.05, 0.1) is 0 Å². The molecule has 3 aromatic carbocycles. The van der Waals surface area contributed by atoms with Crippen LogP contribution >= 0.6 is 15.9 Å². The van der Waals surface area contributed by atoms with Crippen molar-refractivity contribution in [2.75, 3.05) is 6.54 Å². The number of nitrogens with zero attached hydrogens (tertiary/aromatic N) is 1. The molecular weight excluding hydrogens is 394 g/mol. The molecule has 0 fully saturated rings. The third-order valence-corrected chi connectivity index (χ3v) is 6.16. The van der Waals surface area contributed by atoms with Gasteiger partial charge in [-0.2, -0.15) is 0 Å². The summed E-state index contributed by atoms with van der Waals surface area (Å²) in [6.45, 7) is 7.54. The Labute approximate surface area is 171 Å². The molecule has 1 aliphatic heterocycles. The van der Waals surface area contributed by atoms with Crippen LogP contribution < -0.4 is 0 Å². The summed E-state index contributed by atoms with van der Waals surface area (Å²) in [7, 11) is 0. The molecule has 0 saturated heterocycles. The monoisotopic (exact) mass is 419 g/mol. The summed E-state index contributed by atoms with van der Waals surface area (Å²) in [6.07, 6.45) is 1.09. The highest BCUT2D eigenvalue weighted by molar-refractivity contribution is 9.10. The van der Waals surface area contributed by atoms with Gasteiger partial charge in [-0.3, -0.25) is 4.90 Å². The van der Waals surface area contributed by atoms with Gasteiger partial charge in [0.25, 0.3) is 0 Å². The van der Waals surface area contributed by atoms with E-state index in [1.807, 2.05) is 0 Å². The van der Waals surface area contributed by atoms with Gasteiger partial charge in [-0.1, -0.05) is 76.1 Å². The molecule has 0 bridgehead atoms. The summed E-state index contributed by atoms with van der Waals surface area (Å²) in [4.78, 5) is 2.60. The van der Waals surface area contributed by atoms with Crippen LogP contribution in [0.4, 0.5) is 0 Å². The van der Waals surface area contributed by atoms with E-state index in [2.05, 4.69) is 101 Å². The van der Waals surface area contributed by atoms with E-state index >= 15 is 0 Å². The Morgan fingerprint density at radius 3 is 2.56 bits per heavy atom. The zero-order chi connectivity index (χ0) is 18.8. The van der Waals surface area contributed by atoms with E-state index < -0.39 is 0 Å². The minimum atomic E-state index is 0.536. The van der Waals surface area contributed by atoms with E-state index in [1.165, 1.54) is 37.9 Å². The Bertz CT molecular complexity index is 929. The van der Waals surface area contributed by atoms with Gasteiger partial charge in [-0.15, -0.1) is 0 Å². The van der Waals surface area contributed by atoms with E-state index in [-0.39, 0.29) is 0 Å². The van der Waals surface area contributed by atoms with Gasteiger partial charge < -0.3 is 0 Å². The van der Waals surface area contributed by atoms with Crippen molar-refractivity contribution in [3.05, 3.63) is 105 Å². The Kier molecular flexibility index (Phi) is 5.47. The minimum Gasteiger partial charge on any atom is -0.294 e. The molecule has 0 saturated carbocycles. The Balaban J connectivity index is 1.59. The van der Waals surface area contributed by atoms with Crippen molar-refractivity contribution in [1.82, 2.24) is 4.90 Å². The number of aryl methyl sites for hydroxylation is 2. The first-order chi connectivity index (χ1) is 13.1. The van der Waals surface area contributed by atoms with Crippen LogP contribution in [0.25, 0.3) is 0 Å². The summed E-state index contributed by atoms with van der Waals surface area (Å²) in [5.74, 6) is 0.536. The fourth-order valence-corrected chi connectivity index (χ4v) is 4.57. The molecule has 1 atom stereocenters. The predicted molar refractivity (Wildman–Crippen MR) is 117 cm³/mol. The van der Waals surface area contributed by atoms with Crippen LogP contribution in [-0.2, 0) is 19.5 Å². The Hall–Kier alpha value is -1.90. The number of rotatable bonds is 4. The normalized spacial score (nSPS) is 16.9. The van der Waals surface area contributed by atoms with Crippen molar-refractivity contribution in [2.24, 2.45) is 0 Å². The number of hydrogen-bond donors (Lipinski definition) is 0. The van der Waals surface area contributed by atoms with Crippen LogP contribution in [0.5, 0.6) is 0 Å². The maximum atomic E-state index is 3.64. The lowest BCUT2D eigenvalue weighted by Gasteiger charge is -2.35. The van der Waals surface area contributed by atoms with Crippen molar-refractivity contribution in [3.63, 3.8) is 0 Å². The van der Waals surface area contributed by atoms with Gasteiger partial charge >= 0.3 is 0 Å². The van der Waals surface area contributed by atoms with Gasteiger partial charge in [0.2, 0.25) is 0 Å². The first kappa shape index (κ1) is 18.5. The maximum Gasteiger partial charge on any atom is 0.0240 e. The lowest BCUT2D eigenvalue weighted by atomic mass is 9.84. The maximum absolute atomic E-state index is 3.64. The number of fused-ring (bicyclic) bond motifs is 1. The van der Waals surface area contributed by atoms with Gasteiger partial charge in [0, 0.05) is 30.0 Å². The van der Waals surface area contributed by atoms with E-state index in [1.54, 1.807) is 0 Å². The van der Waals surface area contributed by atoms with Gasteiger partial charge in [-0.05, 0) is 60.2 Å². The fraction of sp³-hybridized carbons (Fsp3) is 0.280. The van der Waals surface area contributed by atoms with Gasteiger partial charge in [0.1, 0.15) is 0 Å². The molecule has 0 radical (unpaired) electrons. The molecular formula is C25H26BrN. The standard InChI is InChI=1S/C25H26BrN/c1-18-7-10-20(11-8-18)15-27-16-21-5-3-4-6-25(21)23(17-27)13-22-14-24(26)12-9-19(22)2/h3-12,14,23H,13,15-17H2,1-2H3. The lowest BCUT2D eigenvalue weighted by Crippen LogP contribution is -2.34. The zero-order valence-corrected chi connectivity index (χ0v) is 17.7. The summed E-state index contributed by atoms with van der Waals surface area (Å²) in [5, 5.41) is 0. The average molecular weight is 420 g/mol. The van der Waals surface area contributed by atoms with Crippen LogP contribution in [0.3, 0.4) is 0 Å². The summed E-state index contributed by atoms with van der Waals surface area (Å²) in [6, 6.07) is 24.6. The number of benzene rings is 3. The average Bonchev–Trinajstić information content (AvgIpc) is 2.66. The molecule has 0 aromatic heterocycles. The molecule has 3 aromatic rings. The Morgan fingerprint density at radius 2 is 1.74 bits per heavy atom. The molecule has 1 aliphatic rings. The van der Waals surface area contributed by atoms with Gasteiger partial charge in [0.15, 0.2) is 0 Å². The van der Waals surface area contributed by atoms with Crippen LogP contribution in [-0.4, -0.2) is 11.4 Å². The lowest BCUT2D eigenvalue weighted by molar-refractivity contribution is 0.220. The smallest absolute Gasteiger partial charge is 0.0240 e. The van der Waals surface area contributed by atoms with Gasteiger partial charge in [-0.25, -0.2) is 0 Å². The molecule has 27 heavy (non-hydrogen) atoms. The zero-order valence-electron chi connectivity index (χ0n) is 16.1. The van der Waals surface area contributed by atoms with E-state index in [4.69, 9.17) is 0 Å². The molecule has 1 unspecified atom stereocenters. The summed E-state index contributed by atoms with van der Waals surface area (Å²) >= 11 is 3.64. The van der Waals surface area contributed by atoms with E-state index in [9.17, 15) is 0 Å². The van der Waals surface area contributed by atoms with Crippen molar-refractivity contribution >= 4 is 15.9 Å². The Morgan fingerprint density at radius 1 is 0.963 bits per heavy atom. The molecule has 0 spiro atoms. The third kappa shape index (κ3) is 4.34. The first-order valence-electron chi connectivity index (χ1n) is 9.69. The number of halogens is 1.